The van der Waals surface area contributed by atoms with Gasteiger partial charge in [0, 0.05) is 19.2 Å². The third kappa shape index (κ3) is 3.85. The molecular weight excluding hydrogens is 234 g/mol. The highest BCUT2D eigenvalue weighted by atomic mass is 32.2. The van der Waals surface area contributed by atoms with Gasteiger partial charge in [-0.2, -0.15) is 11.8 Å². The number of hydrogen-bond donors (Lipinski definition) is 2. The summed E-state index contributed by atoms with van der Waals surface area (Å²) in [5.41, 5.74) is 0.151. The van der Waals surface area contributed by atoms with Gasteiger partial charge in [-0.25, -0.2) is 0 Å². The average molecular weight is 259 g/mol. The van der Waals surface area contributed by atoms with Crippen LogP contribution in [0.25, 0.3) is 0 Å². The molecule has 0 amide bonds. The SMILES string of the molecule is CCC(O)CNC1CCOC2(CCSCC2)C1. The Bertz CT molecular complexity index is 226. The first-order chi connectivity index (χ1) is 8.24. The molecule has 2 rings (SSSR count). The minimum atomic E-state index is -0.198. The summed E-state index contributed by atoms with van der Waals surface area (Å²) in [5.74, 6) is 2.48. The smallest absolute Gasteiger partial charge is 0.0713 e. The van der Waals surface area contributed by atoms with E-state index in [0.29, 0.717) is 6.04 Å². The molecule has 0 aromatic rings. The van der Waals surface area contributed by atoms with E-state index in [2.05, 4.69) is 5.32 Å². The van der Waals surface area contributed by atoms with E-state index >= 15 is 0 Å². The van der Waals surface area contributed by atoms with Gasteiger partial charge in [0.15, 0.2) is 0 Å². The second-order valence-corrected chi connectivity index (χ2v) is 6.53. The molecule has 0 aliphatic carbocycles. The Labute approximate surface area is 109 Å². The fourth-order valence-corrected chi connectivity index (χ4v) is 3.98. The largest absolute Gasteiger partial charge is 0.392 e. The van der Waals surface area contributed by atoms with E-state index in [0.717, 1.165) is 32.4 Å². The number of ether oxygens (including phenoxy) is 1. The van der Waals surface area contributed by atoms with Gasteiger partial charge in [-0.1, -0.05) is 6.92 Å². The minimum absolute atomic E-state index is 0.151. The molecule has 0 radical (unpaired) electrons. The lowest BCUT2D eigenvalue weighted by Gasteiger charge is -2.43. The molecule has 0 aromatic heterocycles. The summed E-state index contributed by atoms with van der Waals surface area (Å²) < 4.78 is 6.05. The van der Waals surface area contributed by atoms with Crippen molar-refractivity contribution in [2.24, 2.45) is 0 Å². The lowest BCUT2D eigenvalue weighted by Crippen LogP contribution is -2.50. The zero-order chi connectivity index (χ0) is 12.1. The first kappa shape index (κ1) is 13.7. The van der Waals surface area contributed by atoms with Crippen LogP contribution in [0.4, 0.5) is 0 Å². The molecule has 3 nitrogen and oxygen atoms in total. The van der Waals surface area contributed by atoms with Crippen LogP contribution in [0.2, 0.25) is 0 Å². The number of nitrogens with one attached hydrogen (secondary N) is 1. The summed E-state index contributed by atoms with van der Waals surface area (Å²) in [6.45, 7) is 3.63. The Kier molecular flexibility index (Phi) is 5.15. The van der Waals surface area contributed by atoms with Gasteiger partial charge >= 0.3 is 0 Å². The zero-order valence-corrected chi connectivity index (χ0v) is 11.6. The van der Waals surface area contributed by atoms with Crippen molar-refractivity contribution in [1.29, 1.82) is 0 Å². The molecule has 2 unspecified atom stereocenters. The summed E-state index contributed by atoms with van der Waals surface area (Å²) in [6, 6.07) is 0.535. The summed E-state index contributed by atoms with van der Waals surface area (Å²) in [4.78, 5) is 0. The summed E-state index contributed by atoms with van der Waals surface area (Å²) in [7, 11) is 0. The molecule has 2 atom stereocenters. The van der Waals surface area contributed by atoms with Crippen LogP contribution in [0.5, 0.6) is 0 Å². The van der Waals surface area contributed by atoms with Gasteiger partial charge < -0.3 is 15.2 Å². The molecule has 2 aliphatic rings. The number of thioether (sulfide) groups is 1. The predicted octanol–water partition coefficient (Wildman–Crippen LogP) is 1.79. The number of rotatable bonds is 4. The van der Waals surface area contributed by atoms with Crippen LogP contribution >= 0.6 is 11.8 Å². The number of aliphatic hydroxyl groups is 1. The third-order valence-electron chi connectivity index (χ3n) is 4.01. The van der Waals surface area contributed by atoms with Crippen molar-refractivity contribution >= 4 is 11.8 Å². The van der Waals surface area contributed by atoms with Gasteiger partial charge in [0.25, 0.3) is 0 Å². The van der Waals surface area contributed by atoms with Crippen molar-refractivity contribution in [3.63, 3.8) is 0 Å². The van der Waals surface area contributed by atoms with E-state index in [9.17, 15) is 5.11 Å². The number of aliphatic hydroxyl groups excluding tert-OH is 1. The lowest BCUT2D eigenvalue weighted by molar-refractivity contribution is -0.0938. The summed E-state index contributed by atoms with van der Waals surface area (Å²) >= 11 is 2.05. The van der Waals surface area contributed by atoms with Gasteiger partial charge in [-0.3, -0.25) is 0 Å². The Hall–Kier alpha value is 0.230. The maximum Gasteiger partial charge on any atom is 0.0713 e. The fourth-order valence-electron chi connectivity index (χ4n) is 2.74. The fraction of sp³-hybridized carbons (Fsp3) is 1.00. The monoisotopic (exact) mass is 259 g/mol. The molecule has 2 N–H and O–H groups in total. The van der Waals surface area contributed by atoms with Gasteiger partial charge in [-0.05, 0) is 43.6 Å². The zero-order valence-electron chi connectivity index (χ0n) is 10.8. The quantitative estimate of drug-likeness (QED) is 0.808. The van der Waals surface area contributed by atoms with Crippen molar-refractivity contribution in [2.75, 3.05) is 24.7 Å². The van der Waals surface area contributed by atoms with E-state index in [-0.39, 0.29) is 11.7 Å². The molecule has 2 saturated heterocycles. The summed E-state index contributed by atoms with van der Waals surface area (Å²) in [6.07, 6.45) is 5.25. The van der Waals surface area contributed by atoms with Crippen LogP contribution < -0.4 is 5.32 Å². The van der Waals surface area contributed by atoms with Crippen LogP contribution in [0, 0.1) is 0 Å². The van der Waals surface area contributed by atoms with E-state index in [1.807, 2.05) is 18.7 Å². The second-order valence-electron chi connectivity index (χ2n) is 5.30. The predicted molar refractivity (Wildman–Crippen MR) is 72.6 cm³/mol. The third-order valence-corrected chi connectivity index (χ3v) is 5.00. The molecule has 4 heteroatoms. The molecule has 0 aromatic carbocycles. The normalized spacial score (nSPS) is 30.4. The highest BCUT2D eigenvalue weighted by Crippen LogP contribution is 2.37. The van der Waals surface area contributed by atoms with Gasteiger partial charge in [0.05, 0.1) is 11.7 Å². The second kappa shape index (κ2) is 6.41. The van der Waals surface area contributed by atoms with Gasteiger partial charge in [0.2, 0.25) is 0 Å². The van der Waals surface area contributed by atoms with Crippen LogP contribution in [0.15, 0.2) is 0 Å². The Morgan fingerprint density at radius 3 is 2.94 bits per heavy atom. The Morgan fingerprint density at radius 1 is 1.47 bits per heavy atom. The maximum atomic E-state index is 9.59. The van der Waals surface area contributed by atoms with Crippen molar-refractivity contribution < 1.29 is 9.84 Å². The minimum Gasteiger partial charge on any atom is -0.392 e. The molecule has 0 bridgehead atoms. The highest BCUT2D eigenvalue weighted by Gasteiger charge is 2.38. The molecule has 0 saturated carbocycles. The molecule has 2 aliphatic heterocycles. The molecule has 1 spiro atoms. The van der Waals surface area contributed by atoms with Crippen LogP contribution in [-0.2, 0) is 4.74 Å². The Morgan fingerprint density at radius 2 is 2.24 bits per heavy atom. The maximum absolute atomic E-state index is 9.59. The average Bonchev–Trinajstić information content (AvgIpc) is 2.37. The van der Waals surface area contributed by atoms with E-state index in [1.165, 1.54) is 24.3 Å². The van der Waals surface area contributed by atoms with Gasteiger partial charge in [0.1, 0.15) is 0 Å². The number of hydrogen-bond acceptors (Lipinski definition) is 4. The van der Waals surface area contributed by atoms with Crippen molar-refractivity contribution in [1.82, 2.24) is 5.32 Å². The first-order valence-electron chi connectivity index (χ1n) is 6.87. The topological polar surface area (TPSA) is 41.5 Å². The molecule has 100 valence electrons. The summed E-state index contributed by atoms with van der Waals surface area (Å²) in [5, 5.41) is 13.1. The van der Waals surface area contributed by atoms with E-state index in [1.54, 1.807) is 0 Å². The molecular formula is C13H25NO2S. The van der Waals surface area contributed by atoms with Crippen LogP contribution in [0.3, 0.4) is 0 Å². The van der Waals surface area contributed by atoms with Crippen LogP contribution in [0.1, 0.15) is 39.0 Å². The molecule has 17 heavy (non-hydrogen) atoms. The van der Waals surface area contributed by atoms with E-state index in [4.69, 9.17) is 4.74 Å². The highest BCUT2D eigenvalue weighted by molar-refractivity contribution is 7.99. The first-order valence-corrected chi connectivity index (χ1v) is 8.03. The van der Waals surface area contributed by atoms with Crippen molar-refractivity contribution in [3.8, 4) is 0 Å². The van der Waals surface area contributed by atoms with Crippen LogP contribution in [-0.4, -0.2) is 47.5 Å². The van der Waals surface area contributed by atoms with Crippen molar-refractivity contribution in [2.45, 2.75) is 56.8 Å². The van der Waals surface area contributed by atoms with Gasteiger partial charge in [-0.15, -0.1) is 0 Å². The lowest BCUT2D eigenvalue weighted by atomic mass is 9.85. The Balaban J connectivity index is 1.79. The standard InChI is InChI=1S/C13H25NO2S/c1-2-12(15)10-14-11-3-6-16-13(9-11)4-7-17-8-5-13/h11-12,14-15H,2-10H2,1H3. The molecule has 2 heterocycles. The molecule has 2 fully saturated rings. The van der Waals surface area contributed by atoms with Crippen molar-refractivity contribution in [3.05, 3.63) is 0 Å². The van der Waals surface area contributed by atoms with E-state index < -0.39 is 0 Å².